The Bertz CT molecular complexity index is 1250. The first-order valence-electron chi connectivity index (χ1n) is 13.5. The van der Waals surface area contributed by atoms with Crippen molar-refractivity contribution < 1.29 is 28.6 Å². The van der Waals surface area contributed by atoms with Crippen molar-refractivity contribution in [3.05, 3.63) is 82.8 Å². The van der Waals surface area contributed by atoms with Gasteiger partial charge >= 0.3 is 0 Å². The summed E-state index contributed by atoms with van der Waals surface area (Å²) in [6, 6.07) is 11.7. The predicted octanol–water partition coefficient (Wildman–Crippen LogP) is 2.89. The Balaban J connectivity index is 1.25. The number of carbonyl (C=O) groups excluding carboxylic acids is 2. The Labute approximate surface area is 233 Å². The third-order valence-corrected chi connectivity index (χ3v) is 6.54. The van der Waals surface area contributed by atoms with E-state index >= 15 is 0 Å². The highest BCUT2D eigenvalue weighted by Crippen LogP contribution is 2.17. The number of nitrogens with zero attached hydrogens (tertiary/aromatic N) is 2. The van der Waals surface area contributed by atoms with Crippen LogP contribution >= 0.6 is 0 Å². The molecule has 4 rings (SSSR count). The smallest absolute Gasteiger partial charge is 0.269 e. The second-order valence-electron chi connectivity index (χ2n) is 9.50. The topological polar surface area (TPSA) is 112 Å². The molecular weight excluding hydrogens is 515 g/mol. The fourth-order valence-electron chi connectivity index (χ4n) is 4.23. The van der Waals surface area contributed by atoms with Crippen LogP contribution in [-0.4, -0.2) is 74.0 Å². The highest BCUT2D eigenvalue weighted by Gasteiger charge is 2.15. The highest BCUT2D eigenvalue weighted by molar-refractivity contribution is 6.01. The summed E-state index contributed by atoms with van der Waals surface area (Å²) in [5, 5.41) is 15.2. The second kappa shape index (κ2) is 14.9. The number of carbonyl (C=O) groups is 2. The lowest BCUT2D eigenvalue weighted by molar-refractivity contribution is -0.117. The average Bonchev–Trinajstić information content (AvgIpc) is 2.95. The molecule has 0 bridgehead atoms. The molecule has 0 atom stereocenters. The third-order valence-electron chi connectivity index (χ3n) is 6.54. The van der Waals surface area contributed by atoms with Crippen molar-refractivity contribution in [3.8, 4) is 11.5 Å². The molecule has 0 saturated carbocycles. The first-order chi connectivity index (χ1) is 19.5. The normalized spacial score (nSPS) is 18.4. The Kier molecular flexibility index (Phi) is 10.8. The van der Waals surface area contributed by atoms with Crippen LogP contribution in [0, 0.1) is 5.82 Å². The van der Waals surface area contributed by atoms with E-state index in [4.69, 9.17) is 9.47 Å². The number of amides is 2. The number of phenols is 1. The number of halogens is 1. The summed E-state index contributed by atoms with van der Waals surface area (Å²) in [6.45, 7) is 5.42. The quantitative estimate of drug-likeness (QED) is 0.397. The maximum atomic E-state index is 13.2. The Morgan fingerprint density at radius 2 is 1.80 bits per heavy atom. The molecule has 2 aliphatic rings. The Morgan fingerprint density at radius 3 is 2.58 bits per heavy atom. The van der Waals surface area contributed by atoms with Gasteiger partial charge in [0.2, 0.25) is 0 Å². The summed E-state index contributed by atoms with van der Waals surface area (Å²) in [5.74, 6) is -1.07. The van der Waals surface area contributed by atoms with E-state index < -0.39 is 17.5 Å². The zero-order valence-corrected chi connectivity index (χ0v) is 22.4. The molecule has 0 aromatic heterocycles. The first kappa shape index (κ1) is 29.0. The summed E-state index contributed by atoms with van der Waals surface area (Å²) < 4.78 is 24.4. The molecule has 40 heavy (non-hydrogen) atoms. The molecule has 10 heteroatoms. The molecule has 0 aliphatic carbocycles. The summed E-state index contributed by atoms with van der Waals surface area (Å²) >= 11 is 0. The van der Waals surface area contributed by atoms with E-state index in [1.165, 1.54) is 18.2 Å². The molecule has 0 unspecified atom stereocenters. The Hall–Kier alpha value is -4.02. The van der Waals surface area contributed by atoms with Gasteiger partial charge in [-0.05, 0) is 60.7 Å². The van der Waals surface area contributed by atoms with E-state index in [9.17, 15) is 19.1 Å². The van der Waals surface area contributed by atoms with Crippen LogP contribution < -0.4 is 15.4 Å². The summed E-state index contributed by atoms with van der Waals surface area (Å²) in [5.41, 5.74) is 2.10. The van der Waals surface area contributed by atoms with Crippen LogP contribution in [0.2, 0.25) is 0 Å². The van der Waals surface area contributed by atoms with Gasteiger partial charge < -0.3 is 25.2 Å². The van der Waals surface area contributed by atoms with Gasteiger partial charge in [0.1, 0.15) is 18.1 Å². The summed E-state index contributed by atoms with van der Waals surface area (Å²) in [4.78, 5) is 32.2. The average molecular weight is 551 g/mol. The maximum Gasteiger partial charge on any atom is 0.269 e. The standard InChI is InChI=1S/C30H35FN4O5/c31-26-9-6-22(19-28(26)36)10-12-33-30(38)27-20-24(3-1-2-11-32-27)29(37)34-21-23-4-7-25(8-5-23)40-18-15-35-13-16-39-17-14-35/h3-9,11,19-20,36H,1-2,10,12-18,21H2,(H,33,38)(H,34,37)/b24-3+,27-20-,32-11?. The number of rotatable bonds is 11. The van der Waals surface area contributed by atoms with Gasteiger partial charge in [0.15, 0.2) is 11.6 Å². The zero-order valence-electron chi connectivity index (χ0n) is 22.4. The first-order valence-corrected chi connectivity index (χ1v) is 13.5. The van der Waals surface area contributed by atoms with E-state index in [0.717, 1.165) is 44.2 Å². The zero-order chi connectivity index (χ0) is 28.2. The van der Waals surface area contributed by atoms with Gasteiger partial charge in [-0.15, -0.1) is 0 Å². The molecule has 3 N–H and O–H groups in total. The largest absolute Gasteiger partial charge is 0.505 e. The van der Waals surface area contributed by atoms with Crippen molar-refractivity contribution in [3.63, 3.8) is 0 Å². The van der Waals surface area contributed by atoms with Gasteiger partial charge in [-0.3, -0.25) is 19.5 Å². The van der Waals surface area contributed by atoms with Gasteiger partial charge in [-0.1, -0.05) is 24.3 Å². The van der Waals surface area contributed by atoms with Crippen molar-refractivity contribution >= 4 is 18.0 Å². The molecule has 1 saturated heterocycles. The summed E-state index contributed by atoms with van der Waals surface area (Å²) in [7, 11) is 0. The maximum absolute atomic E-state index is 13.2. The van der Waals surface area contributed by atoms with Gasteiger partial charge in [0.05, 0.1) is 13.2 Å². The molecule has 2 heterocycles. The predicted molar refractivity (Wildman–Crippen MR) is 150 cm³/mol. The van der Waals surface area contributed by atoms with E-state index in [-0.39, 0.29) is 18.1 Å². The third kappa shape index (κ3) is 9.03. The van der Waals surface area contributed by atoms with Crippen LogP contribution in [0.5, 0.6) is 11.5 Å². The molecule has 9 nitrogen and oxygen atoms in total. The van der Waals surface area contributed by atoms with E-state index in [1.807, 2.05) is 24.3 Å². The Morgan fingerprint density at radius 1 is 1.02 bits per heavy atom. The number of ether oxygens (including phenoxy) is 2. The van der Waals surface area contributed by atoms with Gasteiger partial charge in [-0.2, -0.15) is 0 Å². The molecule has 2 aromatic carbocycles. The molecule has 1 fully saturated rings. The number of aromatic hydroxyl groups is 1. The second-order valence-corrected chi connectivity index (χ2v) is 9.50. The van der Waals surface area contributed by atoms with Crippen LogP contribution in [0.15, 0.2) is 70.9 Å². The van der Waals surface area contributed by atoms with Crippen LogP contribution in [-0.2, 0) is 27.3 Å². The molecule has 2 aliphatic heterocycles. The van der Waals surface area contributed by atoms with Crippen molar-refractivity contribution in [2.45, 2.75) is 25.8 Å². The highest BCUT2D eigenvalue weighted by atomic mass is 19.1. The van der Waals surface area contributed by atoms with Gasteiger partial charge in [0.25, 0.3) is 11.8 Å². The molecule has 2 aromatic rings. The lowest BCUT2D eigenvalue weighted by Gasteiger charge is -2.26. The van der Waals surface area contributed by atoms with Crippen molar-refractivity contribution in [1.82, 2.24) is 15.5 Å². The molecule has 0 spiro atoms. The minimum atomic E-state index is -0.694. The monoisotopic (exact) mass is 550 g/mol. The van der Waals surface area contributed by atoms with Crippen molar-refractivity contribution in [2.24, 2.45) is 4.99 Å². The molecule has 212 valence electrons. The van der Waals surface area contributed by atoms with Crippen molar-refractivity contribution in [1.29, 1.82) is 0 Å². The summed E-state index contributed by atoms with van der Waals surface area (Å²) in [6.07, 6.45) is 6.55. The van der Waals surface area contributed by atoms with Crippen LogP contribution in [0.1, 0.15) is 24.0 Å². The number of allylic oxidation sites excluding steroid dienone is 1. The van der Waals surface area contributed by atoms with Crippen LogP contribution in [0.25, 0.3) is 0 Å². The number of phenolic OH excluding ortho intramolecular Hbond substituents is 1. The van der Waals surface area contributed by atoms with E-state index in [2.05, 4.69) is 20.5 Å². The minimum Gasteiger partial charge on any atom is -0.505 e. The van der Waals surface area contributed by atoms with Gasteiger partial charge in [-0.25, -0.2) is 4.39 Å². The van der Waals surface area contributed by atoms with Crippen LogP contribution in [0.4, 0.5) is 4.39 Å². The number of hydrogen-bond acceptors (Lipinski definition) is 7. The van der Waals surface area contributed by atoms with Crippen LogP contribution in [0.3, 0.4) is 0 Å². The lowest BCUT2D eigenvalue weighted by atomic mass is 10.1. The van der Waals surface area contributed by atoms with E-state index in [1.54, 1.807) is 18.4 Å². The SMILES string of the molecule is O=C(NCCc1ccc(F)c(O)c1)/C1=C/C(C(=O)NCc2ccc(OCCN3CCOCC3)cc2)=C\CCC=N1. The van der Waals surface area contributed by atoms with E-state index in [0.29, 0.717) is 43.6 Å². The minimum absolute atomic E-state index is 0.127. The molecular formula is C30H35FN4O5. The number of benzene rings is 2. The van der Waals surface area contributed by atoms with Gasteiger partial charge in [0, 0.05) is 44.5 Å². The number of aliphatic imine (C=N–C) groups is 1. The lowest BCUT2D eigenvalue weighted by Crippen LogP contribution is -2.38. The number of nitrogens with one attached hydrogen (secondary N) is 2. The fourth-order valence-corrected chi connectivity index (χ4v) is 4.23. The fraction of sp³-hybridized carbons (Fsp3) is 0.367. The number of morpholine rings is 1. The number of hydrogen-bond donors (Lipinski definition) is 3. The van der Waals surface area contributed by atoms with Crippen molar-refractivity contribution in [2.75, 3.05) is 46.0 Å². The molecule has 0 radical (unpaired) electrons. The molecule has 2 amide bonds.